The number of hydrogen-bond donors (Lipinski definition) is 1. The number of ether oxygens (including phenoxy) is 3. The van der Waals surface area contributed by atoms with Gasteiger partial charge >= 0.3 is 0 Å². The Hall–Kier alpha value is -1.02. The first-order chi connectivity index (χ1) is 9.49. The van der Waals surface area contributed by atoms with E-state index < -0.39 is 24.5 Å². The SMILES string of the molecule is C=C1NC(=S)N(C)C=C1[C@@H]1O[C@H](COC)C(OC)[C@@H]1F. The normalized spacial score (nSPS) is 34.2. The molecule has 20 heavy (non-hydrogen) atoms. The van der Waals surface area contributed by atoms with Crippen LogP contribution in [0.25, 0.3) is 0 Å². The van der Waals surface area contributed by atoms with Gasteiger partial charge in [0.2, 0.25) is 0 Å². The number of nitrogens with zero attached hydrogens (tertiary/aromatic N) is 1. The van der Waals surface area contributed by atoms with Gasteiger partial charge in [-0.25, -0.2) is 4.39 Å². The van der Waals surface area contributed by atoms with Gasteiger partial charge in [0.25, 0.3) is 0 Å². The van der Waals surface area contributed by atoms with Crippen LogP contribution in [-0.2, 0) is 14.2 Å². The first-order valence-electron chi connectivity index (χ1n) is 6.25. The standard InChI is InChI=1S/C13H19FN2O3S/c1-7-8(5-16(2)13(20)15-7)11-10(14)12(18-4)9(19-11)6-17-3/h5,9-12H,1,6H2,2-4H3,(H,15,20)/t9-,10-,11+,12?/m1/s1. The maximum atomic E-state index is 14.5. The van der Waals surface area contributed by atoms with Crippen molar-refractivity contribution >= 4 is 17.3 Å². The van der Waals surface area contributed by atoms with Gasteiger partial charge in [0.05, 0.1) is 6.61 Å². The van der Waals surface area contributed by atoms with E-state index in [1.54, 1.807) is 25.3 Å². The number of nitrogens with one attached hydrogen (secondary N) is 1. The number of rotatable bonds is 4. The zero-order valence-electron chi connectivity index (χ0n) is 11.8. The summed E-state index contributed by atoms with van der Waals surface area (Å²) in [6, 6.07) is 0. The highest BCUT2D eigenvalue weighted by Gasteiger charge is 2.48. The van der Waals surface area contributed by atoms with E-state index in [9.17, 15) is 4.39 Å². The predicted molar refractivity (Wildman–Crippen MR) is 76.9 cm³/mol. The molecule has 1 saturated heterocycles. The molecule has 2 rings (SSSR count). The zero-order chi connectivity index (χ0) is 14.9. The molecule has 2 aliphatic rings. The molecule has 0 radical (unpaired) electrons. The van der Waals surface area contributed by atoms with Gasteiger partial charge in [-0.1, -0.05) is 6.58 Å². The van der Waals surface area contributed by atoms with E-state index in [2.05, 4.69) is 11.9 Å². The van der Waals surface area contributed by atoms with Crippen molar-refractivity contribution in [1.82, 2.24) is 10.2 Å². The number of methoxy groups -OCH3 is 2. The number of alkyl halides is 1. The Morgan fingerprint density at radius 2 is 2.25 bits per heavy atom. The van der Waals surface area contributed by atoms with Gasteiger partial charge in [-0.15, -0.1) is 0 Å². The van der Waals surface area contributed by atoms with Crippen LogP contribution in [0.5, 0.6) is 0 Å². The maximum absolute atomic E-state index is 14.5. The molecule has 0 bridgehead atoms. The number of halogens is 1. The van der Waals surface area contributed by atoms with Gasteiger partial charge in [0.1, 0.15) is 18.3 Å². The van der Waals surface area contributed by atoms with Crippen molar-refractivity contribution in [2.24, 2.45) is 0 Å². The third-order valence-corrected chi connectivity index (χ3v) is 3.85. The lowest BCUT2D eigenvalue weighted by molar-refractivity contribution is -0.0393. The zero-order valence-corrected chi connectivity index (χ0v) is 12.6. The third kappa shape index (κ3) is 2.71. The lowest BCUT2D eigenvalue weighted by atomic mass is 10.0. The second-order valence-corrected chi connectivity index (χ2v) is 5.19. The minimum absolute atomic E-state index is 0.275. The summed E-state index contributed by atoms with van der Waals surface area (Å²) in [4.78, 5) is 1.70. The monoisotopic (exact) mass is 302 g/mol. The molecule has 2 aliphatic heterocycles. The Morgan fingerprint density at radius 3 is 2.85 bits per heavy atom. The molecule has 5 nitrogen and oxygen atoms in total. The van der Waals surface area contributed by atoms with Crippen molar-refractivity contribution < 1.29 is 18.6 Å². The molecule has 0 aromatic heterocycles. The predicted octanol–water partition coefficient (Wildman–Crippen LogP) is 0.971. The van der Waals surface area contributed by atoms with Gasteiger partial charge in [-0.3, -0.25) is 0 Å². The minimum Gasteiger partial charge on any atom is -0.382 e. The molecule has 7 heteroatoms. The summed E-state index contributed by atoms with van der Waals surface area (Å²) < 4.78 is 30.5. The van der Waals surface area contributed by atoms with Crippen molar-refractivity contribution in [2.45, 2.75) is 24.5 Å². The number of thiocarbonyl (C=S) groups is 1. The molecule has 4 atom stereocenters. The smallest absolute Gasteiger partial charge is 0.177 e. The average Bonchev–Trinajstić information content (AvgIpc) is 2.71. The third-order valence-electron chi connectivity index (χ3n) is 3.46. The second kappa shape index (κ2) is 6.17. The van der Waals surface area contributed by atoms with Gasteiger partial charge in [0.15, 0.2) is 11.3 Å². The van der Waals surface area contributed by atoms with Crippen molar-refractivity contribution in [1.29, 1.82) is 0 Å². The van der Waals surface area contributed by atoms with Crippen LogP contribution in [0.2, 0.25) is 0 Å². The molecule has 0 aliphatic carbocycles. The molecule has 1 N–H and O–H groups in total. The lowest BCUT2D eigenvalue weighted by Crippen LogP contribution is -2.41. The van der Waals surface area contributed by atoms with Crippen LogP contribution in [0.3, 0.4) is 0 Å². The summed E-state index contributed by atoms with van der Waals surface area (Å²) in [5.74, 6) is 0. The van der Waals surface area contributed by atoms with Gasteiger partial charge in [0, 0.05) is 38.7 Å². The maximum Gasteiger partial charge on any atom is 0.177 e. The van der Waals surface area contributed by atoms with E-state index in [4.69, 9.17) is 26.4 Å². The van der Waals surface area contributed by atoms with E-state index in [1.807, 2.05) is 0 Å². The summed E-state index contributed by atoms with van der Waals surface area (Å²) in [7, 11) is 4.79. The quantitative estimate of drug-likeness (QED) is 0.781. The highest BCUT2D eigenvalue weighted by atomic mass is 32.1. The summed E-state index contributed by atoms with van der Waals surface area (Å²) in [5.41, 5.74) is 1.18. The number of hydrogen-bond acceptors (Lipinski definition) is 4. The molecular formula is C13H19FN2O3S. The molecule has 0 aromatic carbocycles. The Morgan fingerprint density at radius 1 is 1.55 bits per heavy atom. The van der Waals surface area contributed by atoms with Crippen LogP contribution in [0.15, 0.2) is 24.0 Å². The molecule has 0 spiro atoms. The fraction of sp³-hybridized carbons (Fsp3) is 0.615. The average molecular weight is 302 g/mol. The molecule has 0 aromatic rings. The van der Waals surface area contributed by atoms with Crippen molar-refractivity contribution in [3.63, 3.8) is 0 Å². The lowest BCUT2D eigenvalue weighted by Gasteiger charge is -2.29. The highest BCUT2D eigenvalue weighted by Crippen LogP contribution is 2.33. The van der Waals surface area contributed by atoms with Crippen molar-refractivity contribution in [3.8, 4) is 0 Å². The van der Waals surface area contributed by atoms with Crippen LogP contribution in [0, 0.1) is 0 Å². The van der Waals surface area contributed by atoms with Crippen molar-refractivity contribution in [2.75, 3.05) is 27.9 Å². The molecule has 2 heterocycles. The molecule has 1 fully saturated rings. The Kier molecular flexibility index (Phi) is 4.74. The largest absolute Gasteiger partial charge is 0.382 e. The Bertz CT molecular complexity index is 443. The van der Waals surface area contributed by atoms with Gasteiger partial charge in [-0.05, 0) is 12.2 Å². The minimum atomic E-state index is -1.29. The van der Waals surface area contributed by atoms with Crippen LogP contribution in [0.1, 0.15) is 0 Å². The molecule has 112 valence electrons. The molecule has 0 amide bonds. The molecule has 1 unspecified atom stereocenters. The highest BCUT2D eigenvalue weighted by molar-refractivity contribution is 7.80. The summed E-state index contributed by atoms with van der Waals surface area (Å²) in [6.45, 7) is 4.14. The van der Waals surface area contributed by atoms with E-state index in [-0.39, 0.29) is 6.61 Å². The van der Waals surface area contributed by atoms with Gasteiger partial charge < -0.3 is 24.4 Å². The summed E-state index contributed by atoms with van der Waals surface area (Å²) >= 11 is 5.10. The van der Waals surface area contributed by atoms with E-state index in [0.717, 1.165) is 0 Å². The fourth-order valence-corrected chi connectivity index (χ4v) is 2.60. The first-order valence-corrected chi connectivity index (χ1v) is 6.66. The molecule has 0 saturated carbocycles. The van der Waals surface area contributed by atoms with Gasteiger partial charge in [-0.2, -0.15) is 0 Å². The van der Waals surface area contributed by atoms with E-state index in [1.165, 1.54) is 7.11 Å². The summed E-state index contributed by atoms with van der Waals surface area (Å²) in [6.07, 6.45) is -1.40. The Labute approximate surface area is 123 Å². The van der Waals surface area contributed by atoms with Crippen LogP contribution in [-0.4, -0.2) is 62.4 Å². The fourth-order valence-electron chi connectivity index (χ4n) is 2.42. The second-order valence-electron chi connectivity index (χ2n) is 4.80. The Balaban J connectivity index is 2.22. The summed E-state index contributed by atoms with van der Waals surface area (Å²) in [5, 5.41) is 3.45. The van der Waals surface area contributed by atoms with Crippen molar-refractivity contribution in [3.05, 3.63) is 24.0 Å². The van der Waals surface area contributed by atoms with E-state index >= 15 is 0 Å². The van der Waals surface area contributed by atoms with E-state index in [0.29, 0.717) is 16.4 Å². The first kappa shape index (κ1) is 15.4. The topological polar surface area (TPSA) is 43.0 Å². The van der Waals surface area contributed by atoms with Crippen LogP contribution < -0.4 is 5.32 Å². The molecular weight excluding hydrogens is 283 g/mol. The van der Waals surface area contributed by atoms with Crippen LogP contribution in [0.4, 0.5) is 4.39 Å². The van der Waals surface area contributed by atoms with Crippen LogP contribution >= 0.6 is 12.2 Å².